The van der Waals surface area contributed by atoms with E-state index in [9.17, 15) is 5.11 Å². The van der Waals surface area contributed by atoms with E-state index in [1.54, 1.807) is 0 Å². The molecule has 19 heavy (non-hydrogen) atoms. The van der Waals surface area contributed by atoms with E-state index in [1.165, 1.54) is 5.56 Å². The van der Waals surface area contributed by atoms with Crippen molar-refractivity contribution in [3.05, 3.63) is 60.7 Å². The van der Waals surface area contributed by atoms with Crippen molar-refractivity contribution in [2.45, 2.75) is 25.4 Å². The van der Waals surface area contributed by atoms with Crippen molar-refractivity contribution in [3.8, 4) is 0 Å². The van der Waals surface area contributed by atoms with Crippen LogP contribution in [-0.2, 0) is 0 Å². The highest BCUT2D eigenvalue weighted by atomic mass is 16.3. The van der Waals surface area contributed by atoms with E-state index in [4.69, 9.17) is 0 Å². The van der Waals surface area contributed by atoms with Crippen LogP contribution in [0, 0.1) is 5.92 Å². The average molecular weight is 257 g/mol. The van der Waals surface area contributed by atoms with E-state index < -0.39 is 0 Å². The van der Waals surface area contributed by atoms with Crippen molar-refractivity contribution in [1.82, 2.24) is 4.90 Å². The highest BCUT2D eigenvalue weighted by molar-refractivity contribution is 5.19. The third kappa shape index (κ3) is 3.14. The largest absolute Gasteiger partial charge is 0.396 e. The summed E-state index contributed by atoms with van der Waals surface area (Å²) in [5.74, 6) is 0.135. The van der Waals surface area contributed by atoms with Gasteiger partial charge in [0.15, 0.2) is 0 Å². The minimum absolute atomic E-state index is 0.135. The van der Waals surface area contributed by atoms with Gasteiger partial charge in [-0.2, -0.15) is 0 Å². The maximum absolute atomic E-state index is 9.53. The number of benzene rings is 1. The Labute approximate surface area is 116 Å². The van der Waals surface area contributed by atoms with Crippen LogP contribution in [0.25, 0.3) is 0 Å². The maximum atomic E-state index is 9.53. The molecule has 0 fully saturated rings. The van der Waals surface area contributed by atoms with Crippen LogP contribution in [-0.4, -0.2) is 29.2 Å². The van der Waals surface area contributed by atoms with Crippen molar-refractivity contribution in [3.63, 3.8) is 0 Å². The van der Waals surface area contributed by atoms with Gasteiger partial charge in [0.05, 0.1) is 6.61 Å². The number of rotatable bonds is 5. The van der Waals surface area contributed by atoms with Crippen LogP contribution in [0.5, 0.6) is 0 Å². The van der Waals surface area contributed by atoms with Gasteiger partial charge in [-0.05, 0) is 18.9 Å². The summed E-state index contributed by atoms with van der Waals surface area (Å²) in [5.41, 5.74) is 1.32. The molecule has 0 aromatic heterocycles. The molecule has 1 N–H and O–H groups in total. The summed E-state index contributed by atoms with van der Waals surface area (Å²) in [6.07, 6.45) is 7.29. The minimum atomic E-state index is 0.135. The fourth-order valence-electron chi connectivity index (χ4n) is 2.85. The Bertz CT molecular complexity index is 426. The topological polar surface area (TPSA) is 23.5 Å². The van der Waals surface area contributed by atoms with E-state index in [-0.39, 0.29) is 12.5 Å². The third-order valence-electron chi connectivity index (χ3n) is 4.07. The molecule has 2 heteroatoms. The molecule has 0 spiro atoms. The first-order valence-electron chi connectivity index (χ1n) is 6.97. The van der Waals surface area contributed by atoms with Crippen molar-refractivity contribution < 1.29 is 5.11 Å². The lowest BCUT2D eigenvalue weighted by molar-refractivity contribution is 0.0931. The zero-order valence-electron chi connectivity index (χ0n) is 11.6. The van der Waals surface area contributed by atoms with Crippen molar-refractivity contribution >= 4 is 0 Å². The van der Waals surface area contributed by atoms with Gasteiger partial charge in [0.1, 0.15) is 0 Å². The quantitative estimate of drug-likeness (QED) is 0.819. The number of aliphatic hydroxyl groups is 1. The van der Waals surface area contributed by atoms with Gasteiger partial charge in [-0.3, -0.25) is 4.90 Å². The molecule has 2 nitrogen and oxygen atoms in total. The summed E-state index contributed by atoms with van der Waals surface area (Å²) in [5, 5.41) is 9.53. The molecule has 1 aliphatic rings. The van der Waals surface area contributed by atoms with Crippen LogP contribution >= 0.6 is 0 Å². The molecule has 1 aliphatic heterocycles. The van der Waals surface area contributed by atoms with Gasteiger partial charge in [-0.25, -0.2) is 0 Å². The Morgan fingerprint density at radius 2 is 2.11 bits per heavy atom. The van der Waals surface area contributed by atoms with Gasteiger partial charge >= 0.3 is 0 Å². The van der Waals surface area contributed by atoms with E-state index >= 15 is 0 Å². The van der Waals surface area contributed by atoms with E-state index in [0.717, 1.165) is 13.0 Å². The predicted octanol–water partition coefficient (Wildman–Crippen LogP) is 3.17. The fourth-order valence-corrected chi connectivity index (χ4v) is 2.85. The first kappa shape index (κ1) is 14.0. The highest BCUT2D eigenvalue weighted by Crippen LogP contribution is 2.29. The van der Waals surface area contributed by atoms with Gasteiger partial charge in [0.25, 0.3) is 0 Å². The molecular formula is C17H23NO. The number of hydrogen-bond acceptors (Lipinski definition) is 2. The van der Waals surface area contributed by atoms with E-state index in [2.05, 4.69) is 54.8 Å². The molecule has 102 valence electrons. The van der Waals surface area contributed by atoms with E-state index in [0.29, 0.717) is 12.1 Å². The van der Waals surface area contributed by atoms with Gasteiger partial charge in [-0.1, -0.05) is 48.6 Å². The second kappa shape index (κ2) is 6.69. The Kier molecular flexibility index (Phi) is 4.94. The molecule has 3 atom stereocenters. The van der Waals surface area contributed by atoms with Crippen LogP contribution in [0.4, 0.5) is 0 Å². The molecular weight excluding hydrogens is 234 g/mol. The Morgan fingerprint density at radius 1 is 1.37 bits per heavy atom. The van der Waals surface area contributed by atoms with Gasteiger partial charge in [-0.15, -0.1) is 6.58 Å². The second-order valence-electron chi connectivity index (χ2n) is 5.14. The van der Waals surface area contributed by atoms with Crippen molar-refractivity contribution in [2.75, 3.05) is 13.2 Å². The molecule has 0 saturated carbocycles. The summed E-state index contributed by atoms with van der Waals surface area (Å²) in [6.45, 7) is 7.20. The molecule has 0 aliphatic carbocycles. The molecule has 0 radical (unpaired) electrons. The molecule has 2 rings (SSSR count). The number of aliphatic hydroxyl groups excluding tert-OH is 1. The molecule has 0 unspecified atom stereocenters. The van der Waals surface area contributed by atoms with Crippen LogP contribution in [0.1, 0.15) is 24.9 Å². The predicted molar refractivity (Wildman–Crippen MR) is 79.9 cm³/mol. The Balaban J connectivity index is 2.20. The van der Waals surface area contributed by atoms with Gasteiger partial charge in [0, 0.05) is 24.5 Å². The maximum Gasteiger partial charge on any atom is 0.0508 e. The summed E-state index contributed by atoms with van der Waals surface area (Å²) in [4.78, 5) is 2.46. The first-order chi connectivity index (χ1) is 9.27. The molecule has 0 bridgehead atoms. The molecule has 0 amide bonds. The Morgan fingerprint density at radius 3 is 2.74 bits per heavy atom. The number of nitrogens with zero attached hydrogens (tertiary/aromatic N) is 1. The van der Waals surface area contributed by atoms with Gasteiger partial charge < -0.3 is 5.11 Å². The van der Waals surface area contributed by atoms with Gasteiger partial charge in [0.2, 0.25) is 0 Å². The molecule has 0 saturated heterocycles. The van der Waals surface area contributed by atoms with Crippen molar-refractivity contribution in [2.24, 2.45) is 5.92 Å². The smallest absolute Gasteiger partial charge is 0.0508 e. The summed E-state index contributed by atoms with van der Waals surface area (Å²) < 4.78 is 0. The average Bonchev–Trinajstić information content (AvgIpc) is 2.49. The van der Waals surface area contributed by atoms with E-state index in [1.807, 2.05) is 12.1 Å². The SMILES string of the molecule is C=C[C@H](CO)[C@H]1CC=CCN1[C@@H](C)c1ccccc1. The van der Waals surface area contributed by atoms with Crippen molar-refractivity contribution in [1.29, 1.82) is 0 Å². The summed E-state index contributed by atoms with van der Waals surface area (Å²) >= 11 is 0. The normalized spacial score (nSPS) is 22.9. The van der Waals surface area contributed by atoms with Crippen LogP contribution in [0.3, 0.4) is 0 Å². The molecule has 1 aromatic carbocycles. The Hall–Kier alpha value is -1.38. The lowest BCUT2D eigenvalue weighted by Gasteiger charge is -2.40. The standard InChI is InChI=1S/C17H23NO/c1-3-15(13-19)17-11-7-8-12-18(17)14(2)16-9-5-4-6-10-16/h3-10,14-15,17,19H,1,11-13H2,2H3/t14-,15+,17+/m0/s1. The minimum Gasteiger partial charge on any atom is -0.396 e. The van der Waals surface area contributed by atoms with Crippen LogP contribution in [0.2, 0.25) is 0 Å². The molecule has 1 heterocycles. The lowest BCUT2D eigenvalue weighted by Crippen LogP contribution is -2.44. The summed E-state index contributed by atoms with van der Waals surface area (Å²) in [6, 6.07) is 11.2. The summed E-state index contributed by atoms with van der Waals surface area (Å²) in [7, 11) is 0. The second-order valence-corrected chi connectivity index (χ2v) is 5.14. The van der Waals surface area contributed by atoms with Crippen LogP contribution in [0.15, 0.2) is 55.1 Å². The monoisotopic (exact) mass is 257 g/mol. The first-order valence-corrected chi connectivity index (χ1v) is 6.97. The zero-order valence-corrected chi connectivity index (χ0v) is 11.6. The zero-order chi connectivity index (χ0) is 13.7. The fraction of sp³-hybridized carbons (Fsp3) is 0.412. The highest BCUT2D eigenvalue weighted by Gasteiger charge is 2.29. The number of hydrogen-bond donors (Lipinski definition) is 1. The third-order valence-corrected chi connectivity index (χ3v) is 4.07. The van der Waals surface area contributed by atoms with Crippen LogP contribution < -0.4 is 0 Å². The lowest BCUT2D eigenvalue weighted by atomic mass is 9.91. The molecule has 1 aromatic rings.